The van der Waals surface area contributed by atoms with Gasteiger partial charge in [0.2, 0.25) is 0 Å². The van der Waals surface area contributed by atoms with Gasteiger partial charge in [-0.1, -0.05) is 13.8 Å². The van der Waals surface area contributed by atoms with Crippen LogP contribution in [-0.2, 0) is 0 Å². The Labute approximate surface area is 78.2 Å². The van der Waals surface area contributed by atoms with Gasteiger partial charge in [0.25, 0.3) is 5.91 Å². The first kappa shape index (κ1) is 9.71. The minimum Gasteiger partial charge on any atom is -0.355 e. The van der Waals surface area contributed by atoms with E-state index in [2.05, 4.69) is 24.1 Å². The van der Waals surface area contributed by atoms with Gasteiger partial charge in [0.1, 0.15) is 0 Å². The zero-order valence-corrected chi connectivity index (χ0v) is 8.16. The van der Waals surface area contributed by atoms with Gasteiger partial charge >= 0.3 is 0 Å². The van der Waals surface area contributed by atoms with E-state index in [1.54, 1.807) is 19.4 Å². The van der Waals surface area contributed by atoms with E-state index in [-0.39, 0.29) is 5.91 Å². The molecule has 3 nitrogen and oxygen atoms in total. The van der Waals surface area contributed by atoms with Gasteiger partial charge in [-0.2, -0.15) is 0 Å². The van der Waals surface area contributed by atoms with Gasteiger partial charge in [-0.25, -0.2) is 0 Å². The summed E-state index contributed by atoms with van der Waals surface area (Å²) in [7, 11) is 1.62. The molecule has 0 aromatic carbocycles. The van der Waals surface area contributed by atoms with E-state index in [0.717, 1.165) is 5.56 Å². The summed E-state index contributed by atoms with van der Waals surface area (Å²) in [6, 6.07) is 1.87. The van der Waals surface area contributed by atoms with Crippen LogP contribution >= 0.6 is 0 Å². The maximum atomic E-state index is 11.2. The van der Waals surface area contributed by atoms with Gasteiger partial charge < -0.3 is 5.32 Å². The molecule has 1 rings (SSSR count). The SMILES string of the molecule is CNC(=O)c1cncc(C(C)C)c1. The number of nitrogens with one attached hydrogen (secondary N) is 1. The molecule has 0 saturated carbocycles. The van der Waals surface area contributed by atoms with Crippen LogP contribution in [0.5, 0.6) is 0 Å². The molecule has 0 spiro atoms. The molecule has 0 aliphatic rings. The molecule has 1 aromatic rings. The number of carbonyl (C=O) groups is 1. The highest BCUT2D eigenvalue weighted by molar-refractivity contribution is 5.93. The minimum absolute atomic E-state index is 0.0880. The maximum Gasteiger partial charge on any atom is 0.252 e. The van der Waals surface area contributed by atoms with Gasteiger partial charge in [-0.05, 0) is 17.5 Å². The highest BCUT2D eigenvalue weighted by Gasteiger charge is 2.05. The fourth-order valence-corrected chi connectivity index (χ4v) is 1.04. The molecule has 0 unspecified atom stereocenters. The Hall–Kier alpha value is -1.38. The van der Waals surface area contributed by atoms with Crippen LogP contribution in [0.25, 0.3) is 0 Å². The predicted octanol–water partition coefficient (Wildman–Crippen LogP) is 1.56. The zero-order valence-electron chi connectivity index (χ0n) is 8.16. The van der Waals surface area contributed by atoms with E-state index >= 15 is 0 Å². The lowest BCUT2D eigenvalue weighted by Crippen LogP contribution is -2.18. The Balaban J connectivity index is 2.98. The third-order valence-electron chi connectivity index (χ3n) is 1.92. The molecule has 70 valence electrons. The summed E-state index contributed by atoms with van der Waals surface area (Å²) in [5, 5.41) is 2.57. The summed E-state index contributed by atoms with van der Waals surface area (Å²) in [4.78, 5) is 15.3. The van der Waals surface area contributed by atoms with E-state index in [0.29, 0.717) is 11.5 Å². The second kappa shape index (κ2) is 4.03. The van der Waals surface area contributed by atoms with E-state index in [9.17, 15) is 4.79 Å². The number of hydrogen-bond acceptors (Lipinski definition) is 2. The average Bonchev–Trinajstić information content (AvgIpc) is 2.17. The lowest BCUT2D eigenvalue weighted by Gasteiger charge is -2.05. The lowest BCUT2D eigenvalue weighted by molar-refractivity contribution is 0.0962. The van der Waals surface area contributed by atoms with Crippen molar-refractivity contribution in [3.8, 4) is 0 Å². The maximum absolute atomic E-state index is 11.2. The number of hydrogen-bond donors (Lipinski definition) is 1. The molecular weight excluding hydrogens is 164 g/mol. The van der Waals surface area contributed by atoms with Crippen molar-refractivity contribution in [3.63, 3.8) is 0 Å². The van der Waals surface area contributed by atoms with Gasteiger partial charge in [0, 0.05) is 19.4 Å². The Bertz CT molecular complexity index is 308. The summed E-state index contributed by atoms with van der Waals surface area (Å²) in [6.07, 6.45) is 3.36. The molecule has 1 N–H and O–H groups in total. The van der Waals surface area contributed by atoms with E-state index < -0.39 is 0 Å². The number of amides is 1. The normalized spacial score (nSPS) is 10.2. The van der Waals surface area contributed by atoms with Crippen LogP contribution in [0.15, 0.2) is 18.5 Å². The molecule has 0 atom stereocenters. The first-order valence-corrected chi connectivity index (χ1v) is 4.32. The first-order chi connectivity index (χ1) is 6.15. The van der Waals surface area contributed by atoms with Crippen LogP contribution < -0.4 is 5.32 Å². The molecule has 1 aromatic heterocycles. The molecule has 1 amide bonds. The highest BCUT2D eigenvalue weighted by atomic mass is 16.1. The third-order valence-corrected chi connectivity index (χ3v) is 1.92. The van der Waals surface area contributed by atoms with Crippen LogP contribution in [-0.4, -0.2) is 17.9 Å². The number of aromatic nitrogens is 1. The summed E-state index contributed by atoms with van der Waals surface area (Å²) < 4.78 is 0. The molecule has 0 fully saturated rings. The van der Waals surface area contributed by atoms with Crippen LogP contribution in [0.1, 0.15) is 35.7 Å². The largest absolute Gasteiger partial charge is 0.355 e. The molecule has 0 bridgehead atoms. The third kappa shape index (κ3) is 2.28. The summed E-state index contributed by atoms with van der Waals surface area (Å²) in [5.74, 6) is 0.312. The topological polar surface area (TPSA) is 42.0 Å². The fourth-order valence-electron chi connectivity index (χ4n) is 1.04. The highest BCUT2D eigenvalue weighted by Crippen LogP contribution is 2.13. The summed E-state index contributed by atoms with van der Waals surface area (Å²) in [5.41, 5.74) is 1.70. The van der Waals surface area contributed by atoms with Gasteiger partial charge in [-0.15, -0.1) is 0 Å². The molecule has 3 heteroatoms. The molecule has 0 radical (unpaired) electrons. The number of nitrogens with zero attached hydrogens (tertiary/aromatic N) is 1. The van der Waals surface area contributed by atoms with E-state index in [1.807, 2.05) is 6.07 Å². The Kier molecular flexibility index (Phi) is 3.01. The van der Waals surface area contributed by atoms with Crippen molar-refractivity contribution in [2.24, 2.45) is 0 Å². The quantitative estimate of drug-likeness (QED) is 0.746. The molecule has 1 heterocycles. The second-order valence-corrected chi connectivity index (χ2v) is 3.24. The van der Waals surface area contributed by atoms with Crippen molar-refractivity contribution in [1.29, 1.82) is 0 Å². The summed E-state index contributed by atoms with van der Waals surface area (Å²) >= 11 is 0. The lowest BCUT2D eigenvalue weighted by atomic mass is 10.0. The van der Waals surface area contributed by atoms with Crippen molar-refractivity contribution in [3.05, 3.63) is 29.6 Å². The molecule has 0 saturated heterocycles. The van der Waals surface area contributed by atoms with Crippen molar-refractivity contribution in [2.75, 3.05) is 7.05 Å². The number of rotatable bonds is 2. The second-order valence-electron chi connectivity index (χ2n) is 3.24. The number of carbonyl (C=O) groups excluding carboxylic acids is 1. The smallest absolute Gasteiger partial charge is 0.252 e. The first-order valence-electron chi connectivity index (χ1n) is 4.32. The predicted molar refractivity (Wildman–Crippen MR) is 51.7 cm³/mol. The Morgan fingerprint density at radius 1 is 1.46 bits per heavy atom. The van der Waals surface area contributed by atoms with E-state index in [1.165, 1.54) is 0 Å². The Morgan fingerprint density at radius 2 is 2.15 bits per heavy atom. The van der Waals surface area contributed by atoms with E-state index in [4.69, 9.17) is 0 Å². The van der Waals surface area contributed by atoms with Crippen LogP contribution in [0.4, 0.5) is 0 Å². The monoisotopic (exact) mass is 178 g/mol. The standard InChI is InChI=1S/C10H14N2O/c1-7(2)8-4-9(6-12-5-8)10(13)11-3/h4-7H,1-3H3,(H,11,13). The van der Waals surface area contributed by atoms with Crippen LogP contribution in [0.3, 0.4) is 0 Å². The van der Waals surface area contributed by atoms with Gasteiger partial charge in [-0.3, -0.25) is 9.78 Å². The Morgan fingerprint density at radius 3 is 2.69 bits per heavy atom. The summed E-state index contributed by atoms with van der Waals surface area (Å²) in [6.45, 7) is 4.15. The average molecular weight is 178 g/mol. The van der Waals surface area contributed by atoms with Crippen LogP contribution in [0, 0.1) is 0 Å². The fraction of sp³-hybridized carbons (Fsp3) is 0.400. The minimum atomic E-state index is -0.0880. The van der Waals surface area contributed by atoms with Crippen molar-refractivity contribution in [2.45, 2.75) is 19.8 Å². The van der Waals surface area contributed by atoms with Crippen molar-refractivity contribution >= 4 is 5.91 Å². The van der Waals surface area contributed by atoms with Crippen molar-refractivity contribution < 1.29 is 4.79 Å². The molecule has 0 aliphatic carbocycles. The number of pyridine rings is 1. The van der Waals surface area contributed by atoms with Gasteiger partial charge in [0.15, 0.2) is 0 Å². The molecular formula is C10H14N2O. The van der Waals surface area contributed by atoms with Crippen LogP contribution in [0.2, 0.25) is 0 Å². The zero-order chi connectivity index (χ0) is 9.84. The van der Waals surface area contributed by atoms with Crippen molar-refractivity contribution in [1.82, 2.24) is 10.3 Å². The molecule has 0 aliphatic heterocycles. The van der Waals surface area contributed by atoms with Gasteiger partial charge in [0.05, 0.1) is 5.56 Å². The molecule has 13 heavy (non-hydrogen) atoms.